The lowest BCUT2D eigenvalue weighted by Crippen LogP contribution is -2.35. The number of ether oxygens (including phenoxy) is 1. The first kappa shape index (κ1) is 10.0. The third kappa shape index (κ3) is 2.46. The maximum atomic E-state index is 9.29. The summed E-state index contributed by atoms with van der Waals surface area (Å²) in [6.07, 6.45) is 5.81. The van der Waals surface area contributed by atoms with Gasteiger partial charge in [-0.2, -0.15) is 0 Å². The molecule has 1 saturated heterocycles. The molecule has 1 rings (SSSR count). The average molecular weight is 172 g/mol. The summed E-state index contributed by atoms with van der Waals surface area (Å²) in [5, 5.41) is 9.29. The van der Waals surface area contributed by atoms with Crippen LogP contribution in [0.5, 0.6) is 0 Å². The smallest absolute Gasteiger partial charge is 0.0544 e. The van der Waals surface area contributed by atoms with Crippen molar-refractivity contribution < 1.29 is 9.84 Å². The molecule has 0 bridgehead atoms. The molecule has 1 N–H and O–H groups in total. The Hall–Kier alpha value is -0.0800. The van der Waals surface area contributed by atoms with E-state index in [0.717, 1.165) is 32.5 Å². The summed E-state index contributed by atoms with van der Waals surface area (Å²) in [5.41, 5.74) is 0.105. The Kier molecular flexibility index (Phi) is 4.02. The van der Waals surface area contributed by atoms with Crippen LogP contribution in [0, 0.1) is 5.41 Å². The minimum Gasteiger partial charge on any atom is -0.396 e. The van der Waals surface area contributed by atoms with Crippen LogP contribution in [0.15, 0.2) is 0 Å². The summed E-state index contributed by atoms with van der Waals surface area (Å²) < 4.78 is 5.41. The fourth-order valence-corrected chi connectivity index (χ4v) is 1.86. The van der Waals surface area contributed by atoms with E-state index in [1.807, 2.05) is 0 Å². The van der Waals surface area contributed by atoms with Gasteiger partial charge in [-0.3, -0.25) is 0 Å². The standard InChI is InChI=1S/C10H20O2/c1-2-3-5-10(8-11)6-4-7-12-9-10/h11H,2-9H2,1H3. The molecule has 1 unspecified atom stereocenters. The zero-order valence-corrected chi connectivity index (χ0v) is 8.01. The Morgan fingerprint density at radius 1 is 1.50 bits per heavy atom. The Morgan fingerprint density at radius 2 is 2.33 bits per heavy atom. The maximum Gasteiger partial charge on any atom is 0.0544 e. The van der Waals surface area contributed by atoms with Gasteiger partial charge in [0, 0.05) is 12.0 Å². The minimum absolute atomic E-state index is 0.105. The number of rotatable bonds is 4. The second-order valence-electron chi connectivity index (χ2n) is 3.92. The van der Waals surface area contributed by atoms with Gasteiger partial charge in [0.05, 0.1) is 13.2 Å². The van der Waals surface area contributed by atoms with Crippen molar-refractivity contribution in [3.63, 3.8) is 0 Å². The highest BCUT2D eigenvalue weighted by Crippen LogP contribution is 2.33. The lowest BCUT2D eigenvalue weighted by Gasteiger charge is -2.35. The SMILES string of the molecule is CCCCC1(CO)CCCOC1. The van der Waals surface area contributed by atoms with Crippen LogP contribution in [0.2, 0.25) is 0 Å². The summed E-state index contributed by atoms with van der Waals surface area (Å²) in [7, 11) is 0. The van der Waals surface area contributed by atoms with Crippen LogP contribution in [0.1, 0.15) is 39.0 Å². The Morgan fingerprint density at radius 3 is 2.83 bits per heavy atom. The maximum absolute atomic E-state index is 9.29. The number of aliphatic hydroxyl groups excluding tert-OH is 1. The van der Waals surface area contributed by atoms with Gasteiger partial charge in [-0.25, -0.2) is 0 Å². The topological polar surface area (TPSA) is 29.5 Å². The van der Waals surface area contributed by atoms with Gasteiger partial charge in [-0.15, -0.1) is 0 Å². The van der Waals surface area contributed by atoms with E-state index >= 15 is 0 Å². The lowest BCUT2D eigenvalue weighted by molar-refractivity contribution is -0.0438. The molecule has 2 heteroatoms. The van der Waals surface area contributed by atoms with Crippen LogP contribution < -0.4 is 0 Å². The van der Waals surface area contributed by atoms with Gasteiger partial charge in [-0.1, -0.05) is 19.8 Å². The minimum atomic E-state index is 0.105. The molecule has 0 aromatic heterocycles. The third-order valence-electron chi connectivity index (χ3n) is 2.80. The molecule has 1 aliphatic heterocycles. The largest absolute Gasteiger partial charge is 0.396 e. The van der Waals surface area contributed by atoms with Crippen molar-refractivity contribution in [1.82, 2.24) is 0 Å². The zero-order chi connectivity index (χ0) is 8.86. The summed E-state index contributed by atoms with van der Waals surface area (Å²) in [5.74, 6) is 0. The molecule has 0 aromatic rings. The lowest BCUT2D eigenvalue weighted by atomic mass is 9.79. The van der Waals surface area contributed by atoms with Crippen molar-refractivity contribution in [3.8, 4) is 0 Å². The Labute approximate surface area is 74.9 Å². The van der Waals surface area contributed by atoms with Crippen LogP contribution in [-0.2, 0) is 4.74 Å². The molecule has 0 aromatic carbocycles. The van der Waals surface area contributed by atoms with Crippen molar-refractivity contribution >= 4 is 0 Å². The summed E-state index contributed by atoms with van der Waals surface area (Å²) in [6.45, 7) is 4.14. The van der Waals surface area contributed by atoms with Crippen LogP contribution in [0.3, 0.4) is 0 Å². The molecular weight excluding hydrogens is 152 g/mol. The highest BCUT2D eigenvalue weighted by Gasteiger charge is 2.31. The van der Waals surface area contributed by atoms with Crippen molar-refractivity contribution in [2.75, 3.05) is 19.8 Å². The molecular formula is C10H20O2. The van der Waals surface area contributed by atoms with Gasteiger partial charge < -0.3 is 9.84 Å². The van der Waals surface area contributed by atoms with E-state index in [1.165, 1.54) is 12.8 Å². The first-order valence-corrected chi connectivity index (χ1v) is 5.01. The van der Waals surface area contributed by atoms with Crippen molar-refractivity contribution in [2.24, 2.45) is 5.41 Å². The van der Waals surface area contributed by atoms with Crippen molar-refractivity contribution in [2.45, 2.75) is 39.0 Å². The van der Waals surface area contributed by atoms with Gasteiger partial charge in [0.1, 0.15) is 0 Å². The van der Waals surface area contributed by atoms with Crippen molar-refractivity contribution in [1.29, 1.82) is 0 Å². The van der Waals surface area contributed by atoms with Crippen molar-refractivity contribution in [3.05, 3.63) is 0 Å². The van der Waals surface area contributed by atoms with Gasteiger partial charge in [0.15, 0.2) is 0 Å². The fraction of sp³-hybridized carbons (Fsp3) is 1.00. The molecule has 12 heavy (non-hydrogen) atoms. The molecule has 72 valence electrons. The number of hydrogen-bond acceptors (Lipinski definition) is 2. The molecule has 0 spiro atoms. The van der Waals surface area contributed by atoms with E-state index in [4.69, 9.17) is 4.74 Å². The highest BCUT2D eigenvalue weighted by atomic mass is 16.5. The first-order chi connectivity index (χ1) is 5.83. The summed E-state index contributed by atoms with van der Waals surface area (Å²) >= 11 is 0. The van der Waals surface area contributed by atoms with E-state index in [-0.39, 0.29) is 5.41 Å². The molecule has 1 fully saturated rings. The van der Waals surface area contributed by atoms with Crippen LogP contribution in [0.4, 0.5) is 0 Å². The summed E-state index contributed by atoms with van der Waals surface area (Å²) in [6, 6.07) is 0. The molecule has 2 nitrogen and oxygen atoms in total. The Bertz CT molecular complexity index is 117. The van der Waals surface area contributed by atoms with Crippen LogP contribution in [-0.4, -0.2) is 24.9 Å². The highest BCUT2D eigenvalue weighted by molar-refractivity contribution is 4.80. The van der Waals surface area contributed by atoms with Crippen LogP contribution in [0.25, 0.3) is 0 Å². The third-order valence-corrected chi connectivity index (χ3v) is 2.80. The second kappa shape index (κ2) is 4.83. The van der Waals surface area contributed by atoms with Crippen LogP contribution >= 0.6 is 0 Å². The van der Waals surface area contributed by atoms with Gasteiger partial charge in [-0.05, 0) is 19.3 Å². The zero-order valence-electron chi connectivity index (χ0n) is 8.01. The van der Waals surface area contributed by atoms with E-state index in [2.05, 4.69) is 6.92 Å². The molecule has 1 atom stereocenters. The van der Waals surface area contributed by atoms with E-state index in [1.54, 1.807) is 0 Å². The number of unbranched alkanes of at least 4 members (excludes halogenated alkanes) is 1. The molecule has 0 amide bonds. The molecule has 0 saturated carbocycles. The number of aliphatic hydroxyl groups is 1. The predicted molar refractivity (Wildman–Crippen MR) is 49.1 cm³/mol. The second-order valence-corrected chi connectivity index (χ2v) is 3.92. The molecule has 1 heterocycles. The van der Waals surface area contributed by atoms with Gasteiger partial charge in [0.2, 0.25) is 0 Å². The van der Waals surface area contributed by atoms with E-state index < -0.39 is 0 Å². The quantitative estimate of drug-likeness (QED) is 0.702. The van der Waals surface area contributed by atoms with E-state index in [9.17, 15) is 5.11 Å². The monoisotopic (exact) mass is 172 g/mol. The number of hydrogen-bond donors (Lipinski definition) is 1. The predicted octanol–water partition coefficient (Wildman–Crippen LogP) is 1.97. The Balaban J connectivity index is 2.37. The fourth-order valence-electron chi connectivity index (χ4n) is 1.86. The molecule has 0 radical (unpaired) electrons. The van der Waals surface area contributed by atoms with Gasteiger partial charge >= 0.3 is 0 Å². The summed E-state index contributed by atoms with van der Waals surface area (Å²) in [4.78, 5) is 0. The first-order valence-electron chi connectivity index (χ1n) is 5.01. The molecule has 0 aliphatic carbocycles. The molecule has 1 aliphatic rings. The average Bonchev–Trinajstić information content (AvgIpc) is 2.16. The normalized spacial score (nSPS) is 30.5. The van der Waals surface area contributed by atoms with E-state index in [0.29, 0.717) is 6.61 Å². The van der Waals surface area contributed by atoms with Gasteiger partial charge in [0.25, 0.3) is 0 Å².